The molecule has 1 saturated carbocycles. The van der Waals surface area contributed by atoms with Gasteiger partial charge in [-0.2, -0.15) is 0 Å². The van der Waals surface area contributed by atoms with Crippen LogP contribution in [-0.2, 0) is 4.74 Å². The highest BCUT2D eigenvalue weighted by Crippen LogP contribution is 2.44. The van der Waals surface area contributed by atoms with Gasteiger partial charge in [0.1, 0.15) is 0 Å². The normalized spacial score (nSPS) is 25.7. The van der Waals surface area contributed by atoms with E-state index in [4.69, 9.17) is 4.74 Å². The topological polar surface area (TPSA) is 26.3 Å². The van der Waals surface area contributed by atoms with Gasteiger partial charge in [0.05, 0.1) is 5.60 Å². The maximum Gasteiger partial charge on any atom is 0.166 e. The number of ether oxygens (including phenoxy) is 1. The van der Waals surface area contributed by atoms with Crippen molar-refractivity contribution in [2.45, 2.75) is 44.6 Å². The lowest BCUT2D eigenvalue weighted by atomic mass is 9.70. The minimum Gasteiger partial charge on any atom is -0.375 e. The monoisotopic (exact) mass is 244 g/mol. The second kappa shape index (κ2) is 4.51. The van der Waals surface area contributed by atoms with Gasteiger partial charge in [-0.15, -0.1) is 0 Å². The average Bonchev–Trinajstić information content (AvgIpc) is 2.37. The Kier molecular flexibility index (Phi) is 2.98. The zero-order valence-electron chi connectivity index (χ0n) is 10.9. The van der Waals surface area contributed by atoms with Crippen molar-refractivity contribution in [3.63, 3.8) is 0 Å². The van der Waals surface area contributed by atoms with Gasteiger partial charge >= 0.3 is 0 Å². The van der Waals surface area contributed by atoms with Crippen LogP contribution < -0.4 is 0 Å². The molecule has 18 heavy (non-hydrogen) atoms. The molecule has 0 amide bonds. The smallest absolute Gasteiger partial charge is 0.166 e. The second-order valence-electron chi connectivity index (χ2n) is 5.81. The van der Waals surface area contributed by atoms with Gasteiger partial charge in [0.25, 0.3) is 0 Å². The molecule has 1 aromatic carbocycles. The number of rotatable bonds is 2. The maximum atomic E-state index is 12.5. The summed E-state index contributed by atoms with van der Waals surface area (Å²) >= 11 is 0. The molecule has 2 fully saturated rings. The van der Waals surface area contributed by atoms with Crippen LogP contribution in [0.15, 0.2) is 24.3 Å². The number of carbonyl (C=O) groups excluding carboxylic acids is 1. The zero-order valence-corrected chi connectivity index (χ0v) is 10.9. The average molecular weight is 244 g/mol. The summed E-state index contributed by atoms with van der Waals surface area (Å²) in [4.78, 5) is 12.5. The summed E-state index contributed by atoms with van der Waals surface area (Å²) < 4.78 is 5.88. The molecule has 1 atom stereocenters. The molecule has 2 heteroatoms. The molecule has 2 nitrogen and oxygen atoms in total. The van der Waals surface area contributed by atoms with Gasteiger partial charge in [0.15, 0.2) is 5.78 Å². The number of aryl methyl sites for hydroxylation is 1. The molecule has 1 aromatic rings. The number of carbonyl (C=O) groups is 1. The van der Waals surface area contributed by atoms with Crippen molar-refractivity contribution < 1.29 is 9.53 Å². The highest BCUT2D eigenvalue weighted by molar-refractivity contribution is 5.98. The van der Waals surface area contributed by atoms with Gasteiger partial charge in [-0.05, 0) is 39.0 Å². The van der Waals surface area contributed by atoms with Crippen molar-refractivity contribution >= 4 is 5.78 Å². The van der Waals surface area contributed by atoms with Crippen molar-refractivity contribution in [2.24, 2.45) is 5.92 Å². The molecule has 1 unspecified atom stereocenters. The van der Waals surface area contributed by atoms with E-state index in [-0.39, 0.29) is 11.5 Å². The van der Waals surface area contributed by atoms with E-state index in [1.54, 1.807) is 0 Å². The lowest BCUT2D eigenvalue weighted by Crippen LogP contribution is -2.47. The molecule has 1 saturated heterocycles. The molecule has 0 N–H and O–H groups in total. The highest BCUT2D eigenvalue weighted by atomic mass is 16.5. The van der Waals surface area contributed by atoms with E-state index < -0.39 is 0 Å². The summed E-state index contributed by atoms with van der Waals surface area (Å²) in [6.45, 7) is 2.80. The molecule has 3 rings (SSSR count). The van der Waals surface area contributed by atoms with E-state index in [0.29, 0.717) is 5.78 Å². The van der Waals surface area contributed by atoms with E-state index >= 15 is 0 Å². The van der Waals surface area contributed by atoms with Crippen molar-refractivity contribution in [2.75, 3.05) is 6.61 Å². The predicted molar refractivity (Wildman–Crippen MR) is 70.8 cm³/mol. The third-order valence-corrected chi connectivity index (χ3v) is 4.46. The van der Waals surface area contributed by atoms with E-state index in [2.05, 4.69) is 0 Å². The number of hydrogen-bond donors (Lipinski definition) is 0. The van der Waals surface area contributed by atoms with Crippen LogP contribution in [0.25, 0.3) is 0 Å². The molecular weight excluding hydrogens is 224 g/mol. The first-order valence-corrected chi connectivity index (χ1v) is 6.93. The quantitative estimate of drug-likeness (QED) is 0.744. The number of benzene rings is 1. The van der Waals surface area contributed by atoms with Gasteiger partial charge in [0.2, 0.25) is 0 Å². The van der Waals surface area contributed by atoms with Crippen LogP contribution in [0.5, 0.6) is 0 Å². The summed E-state index contributed by atoms with van der Waals surface area (Å²) in [6, 6.07) is 7.96. The Morgan fingerprint density at radius 1 is 1.28 bits per heavy atom. The van der Waals surface area contributed by atoms with Crippen LogP contribution in [0.1, 0.15) is 48.0 Å². The predicted octanol–water partition coefficient (Wildman–Crippen LogP) is 3.53. The molecule has 0 aromatic heterocycles. The fourth-order valence-corrected chi connectivity index (χ4v) is 3.12. The number of hydrogen-bond acceptors (Lipinski definition) is 2. The minimum absolute atomic E-state index is 0.0588. The van der Waals surface area contributed by atoms with E-state index in [1.807, 2.05) is 31.2 Å². The first kappa shape index (κ1) is 11.9. The molecule has 1 spiro atoms. The van der Waals surface area contributed by atoms with E-state index in [1.165, 1.54) is 12.0 Å². The Labute approximate surface area is 108 Å². The molecular formula is C16H20O2. The molecule has 96 valence electrons. The molecule has 0 radical (unpaired) electrons. The second-order valence-corrected chi connectivity index (χ2v) is 5.81. The SMILES string of the molecule is Cc1ccc(C(=O)C2CCOC3(CCC3)C2)cc1. The molecule has 2 aliphatic rings. The van der Waals surface area contributed by atoms with Crippen LogP contribution >= 0.6 is 0 Å². The Balaban J connectivity index is 1.74. The summed E-state index contributed by atoms with van der Waals surface area (Å²) in [5.41, 5.74) is 2.12. The third kappa shape index (κ3) is 2.10. The Morgan fingerprint density at radius 2 is 2.00 bits per heavy atom. The van der Waals surface area contributed by atoms with Gasteiger partial charge in [-0.1, -0.05) is 29.8 Å². The standard InChI is InChI=1S/C16H20O2/c1-12-3-5-13(6-4-12)15(17)14-7-10-18-16(11-14)8-2-9-16/h3-6,14H,2,7-11H2,1H3. The first-order chi connectivity index (χ1) is 8.69. The van der Waals surface area contributed by atoms with Crippen molar-refractivity contribution in [1.82, 2.24) is 0 Å². The number of ketones is 1. The van der Waals surface area contributed by atoms with Gasteiger partial charge in [-0.3, -0.25) is 4.79 Å². The lowest BCUT2D eigenvalue weighted by Gasteiger charge is -2.46. The van der Waals surface area contributed by atoms with Crippen molar-refractivity contribution in [3.05, 3.63) is 35.4 Å². The zero-order chi connectivity index (χ0) is 12.6. The summed E-state index contributed by atoms with van der Waals surface area (Å²) in [6.07, 6.45) is 5.36. The largest absolute Gasteiger partial charge is 0.375 e. The Hall–Kier alpha value is -1.15. The van der Waals surface area contributed by atoms with E-state index in [0.717, 1.165) is 37.9 Å². The molecule has 1 heterocycles. The van der Waals surface area contributed by atoms with Crippen LogP contribution in [0.2, 0.25) is 0 Å². The third-order valence-electron chi connectivity index (χ3n) is 4.46. The fourth-order valence-electron chi connectivity index (χ4n) is 3.12. The fraction of sp³-hybridized carbons (Fsp3) is 0.562. The van der Waals surface area contributed by atoms with E-state index in [9.17, 15) is 4.79 Å². The number of Topliss-reactive ketones (excluding diaryl/α,β-unsaturated/α-hetero) is 1. The van der Waals surface area contributed by atoms with Gasteiger partial charge < -0.3 is 4.74 Å². The van der Waals surface area contributed by atoms with Crippen LogP contribution in [0.4, 0.5) is 0 Å². The van der Waals surface area contributed by atoms with Crippen LogP contribution in [0, 0.1) is 12.8 Å². The van der Waals surface area contributed by atoms with Crippen LogP contribution in [0.3, 0.4) is 0 Å². The minimum atomic E-state index is 0.0588. The van der Waals surface area contributed by atoms with Crippen molar-refractivity contribution in [3.8, 4) is 0 Å². The van der Waals surface area contributed by atoms with Crippen molar-refractivity contribution in [1.29, 1.82) is 0 Å². The van der Waals surface area contributed by atoms with Crippen LogP contribution in [-0.4, -0.2) is 18.0 Å². The molecule has 1 aliphatic heterocycles. The molecule has 0 bridgehead atoms. The first-order valence-electron chi connectivity index (χ1n) is 6.93. The summed E-state index contributed by atoms with van der Waals surface area (Å²) in [5, 5.41) is 0. The summed E-state index contributed by atoms with van der Waals surface area (Å²) in [5.74, 6) is 0.478. The molecule has 1 aliphatic carbocycles. The van der Waals surface area contributed by atoms with Gasteiger partial charge in [0, 0.05) is 18.1 Å². The highest BCUT2D eigenvalue weighted by Gasteiger charge is 2.44. The maximum absolute atomic E-state index is 12.5. The summed E-state index contributed by atoms with van der Waals surface area (Å²) in [7, 11) is 0. The Bertz CT molecular complexity index is 443. The van der Waals surface area contributed by atoms with Gasteiger partial charge in [-0.25, -0.2) is 0 Å². The Morgan fingerprint density at radius 3 is 2.61 bits per heavy atom. The lowest BCUT2D eigenvalue weighted by molar-refractivity contribution is -0.137.